The summed E-state index contributed by atoms with van der Waals surface area (Å²) >= 11 is 7.78. The van der Waals surface area contributed by atoms with E-state index in [4.69, 9.17) is 16.1 Å². The number of hydrogen-bond donors (Lipinski definition) is 1. The number of amides is 1. The van der Waals surface area contributed by atoms with Crippen LogP contribution in [0.15, 0.2) is 52.4 Å². The molecular weight excluding hydrogens is 344 g/mol. The van der Waals surface area contributed by atoms with E-state index >= 15 is 0 Å². The van der Waals surface area contributed by atoms with Gasteiger partial charge in [-0.15, -0.1) is 11.3 Å². The summed E-state index contributed by atoms with van der Waals surface area (Å²) in [7, 11) is 0. The Labute approximate surface area is 149 Å². The number of nitrogens with one attached hydrogen (secondary N) is 1. The van der Waals surface area contributed by atoms with Gasteiger partial charge in [0.15, 0.2) is 0 Å². The summed E-state index contributed by atoms with van der Waals surface area (Å²) in [4.78, 5) is 13.5. The van der Waals surface area contributed by atoms with E-state index in [2.05, 4.69) is 10.5 Å². The molecule has 1 N–H and O–H groups in total. The van der Waals surface area contributed by atoms with Gasteiger partial charge in [0.1, 0.15) is 0 Å². The average molecular weight is 361 g/mol. The Morgan fingerprint density at radius 2 is 2.17 bits per heavy atom. The second kappa shape index (κ2) is 7.64. The van der Waals surface area contributed by atoms with Crippen LogP contribution in [-0.4, -0.2) is 11.1 Å². The third-order valence-corrected chi connectivity index (χ3v) is 5.07. The number of thiophene rings is 1. The summed E-state index contributed by atoms with van der Waals surface area (Å²) in [5.74, 6) is -0.0415. The summed E-state index contributed by atoms with van der Waals surface area (Å²) in [6, 6.07) is 13.2. The minimum atomic E-state index is -0.256. The molecule has 1 amide bonds. The van der Waals surface area contributed by atoms with Gasteiger partial charge >= 0.3 is 0 Å². The summed E-state index contributed by atoms with van der Waals surface area (Å²) < 4.78 is 5.20. The maximum absolute atomic E-state index is 12.4. The predicted octanol–water partition coefficient (Wildman–Crippen LogP) is 4.86. The molecule has 0 saturated heterocycles. The first kappa shape index (κ1) is 16.7. The maximum atomic E-state index is 12.4. The molecule has 4 nitrogen and oxygen atoms in total. The Morgan fingerprint density at radius 3 is 2.88 bits per heavy atom. The molecule has 0 saturated carbocycles. The minimum Gasteiger partial charge on any atom is -0.351 e. The third kappa shape index (κ3) is 3.86. The molecule has 24 heavy (non-hydrogen) atoms. The van der Waals surface area contributed by atoms with E-state index in [1.165, 1.54) is 0 Å². The summed E-state index contributed by atoms with van der Waals surface area (Å²) in [5.41, 5.74) is 1.63. The molecule has 1 aromatic carbocycles. The van der Waals surface area contributed by atoms with Gasteiger partial charge in [-0.25, -0.2) is 0 Å². The van der Waals surface area contributed by atoms with Gasteiger partial charge in [0.05, 0.1) is 11.7 Å². The lowest BCUT2D eigenvalue weighted by molar-refractivity contribution is 0.0899. The number of benzene rings is 1. The van der Waals surface area contributed by atoms with Crippen molar-refractivity contribution in [3.63, 3.8) is 0 Å². The average Bonchev–Trinajstić information content (AvgIpc) is 3.26. The van der Waals surface area contributed by atoms with E-state index in [0.717, 1.165) is 16.9 Å². The van der Waals surface area contributed by atoms with Gasteiger partial charge in [0.25, 0.3) is 5.91 Å². The molecule has 0 spiro atoms. The van der Waals surface area contributed by atoms with Gasteiger partial charge in [-0.2, -0.15) is 0 Å². The molecule has 1 atom stereocenters. The monoisotopic (exact) mass is 360 g/mol. The first-order chi connectivity index (χ1) is 11.7. The second-order valence-electron chi connectivity index (χ2n) is 5.40. The third-order valence-electron chi connectivity index (χ3n) is 3.71. The summed E-state index contributed by atoms with van der Waals surface area (Å²) in [5, 5.41) is 9.64. The van der Waals surface area contributed by atoms with E-state index in [-0.39, 0.29) is 17.7 Å². The molecule has 0 aliphatic heterocycles. The first-order valence-electron chi connectivity index (χ1n) is 7.70. The maximum Gasteiger partial charge on any atom is 0.290 e. The Kier molecular flexibility index (Phi) is 5.33. The smallest absolute Gasteiger partial charge is 0.290 e. The van der Waals surface area contributed by atoms with Gasteiger partial charge in [0, 0.05) is 22.4 Å². The van der Waals surface area contributed by atoms with Crippen molar-refractivity contribution in [1.29, 1.82) is 0 Å². The lowest BCUT2D eigenvalue weighted by Crippen LogP contribution is -2.27. The lowest BCUT2D eigenvalue weighted by atomic mass is 10.1. The van der Waals surface area contributed by atoms with Crippen LogP contribution in [0.4, 0.5) is 0 Å². The minimum absolute atomic E-state index is 0.0189. The quantitative estimate of drug-likeness (QED) is 0.682. The number of nitrogens with zero attached hydrogens (tertiary/aromatic N) is 1. The fourth-order valence-electron chi connectivity index (χ4n) is 2.43. The highest BCUT2D eigenvalue weighted by atomic mass is 35.5. The van der Waals surface area contributed by atoms with Gasteiger partial charge in [-0.1, -0.05) is 47.9 Å². The Hall–Kier alpha value is -2.11. The molecule has 2 aromatic heterocycles. The van der Waals surface area contributed by atoms with Crippen LogP contribution >= 0.6 is 22.9 Å². The Balaban J connectivity index is 1.68. The molecule has 3 rings (SSSR count). The van der Waals surface area contributed by atoms with Gasteiger partial charge in [-0.3, -0.25) is 4.79 Å². The van der Waals surface area contributed by atoms with Crippen molar-refractivity contribution in [2.24, 2.45) is 0 Å². The zero-order chi connectivity index (χ0) is 16.9. The van der Waals surface area contributed by atoms with Crippen molar-refractivity contribution in [3.05, 3.63) is 74.8 Å². The number of aromatic nitrogens is 1. The van der Waals surface area contributed by atoms with E-state index in [1.54, 1.807) is 17.4 Å². The molecule has 124 valence electrons. The van der Waals surface area contributed by atoms with E-state index < -0.39 is 0 Å². The highest BCUT2D eigenvalue weighted by Crippen LogP contribution is 2.23. The molecule has 0 aliphatic carbocycles. The van der Waals surface area contributed by atoms with Crippen molar-refractivity contribution in [3.8, 4) is 0 Å². The first-order valence-corrected chi connectivity index (χ1v) is 8.96. The van der Waals surface area contributed by atoms with Crippen LogP contribution in [0.3, 0.4) is 0 Å². The fraction of sp³-hybridized carbons (Fsp3) is 0.222. The summed E-state index contributed by atoms with van der Waals surface area (Å²) in [6.07, 6.45) is 1.34. The number of rotatable bonds is 6. The van der Waals surface area contributed by atoms with Crippen molar-refractivity contribution in [1.82, 2.24) is 10.5 Å². The normalized spacial score (nSPS) is 12.1. The van der Waals surface area contributed by atoms with E-state index in [9.17, 15) is 4.79 Å². The fourth-order valence-corrected chi connectivity index (χ4v) is 3.50. The topological polar surface area (TPSA) is 55.1 Å². The van der Waals surface area contributed by atoms with E-state index in [0.29, 0.717) is 17.1 Å². The van der Waals surface area contributed by atoms with Crippen LogP contribution < -0.4 is 5.32 Å². The zero-order valence-corrected chi connectivity index (χ0v) is 14.7. The van der Waals surface area contributed by atoms with Crippen LogP contribution in [0, 0.1) is 0 Å². The van der Waals surface area contributed by atoms with Gasteiger partial charge in [0.2, 0.25) is 5.76 Å². The van der Waals surface area contributed by atoms with Crippen molar-refractivity contribution in [2.75, 3.05) is 0 Å². The molecule has 6 heteroatoms. The number of carbonyl (C=O) groups excluding carboxylic acids is 1. The molecule has 0 aliphatic rings. The molecule has 1 unspecified atom stereocenters. The standard InChI is InChI=1S/C18H17ClN2O2S/c1-2-15(17-8-5-9-24-17)20-18(22)16-11-13(21-23-16)10-12-6-3-4-7-14(12)19/h3-9,11,15H,2,10H2,1H3,(H,20,22). The van der Waals surface area contributed by atoms with E-state index in [1.807, 2.05) is 48.7 Å². The molecule has 3 aromatic rings. The molecule has 0 radical (unpaired) electrons. The molecule has 0 bridgehead atoms. The van der Waals surface area contributed by atoms with Crippen LogP contribution in [0.25, 0.3) is 0 Å². The highest BCUT2D eigenvalue weighted by molar-refractivity contribution is 7.10. The van der Waals surface area contributed by atoms with Crippen LogP contribution in [0.5, 0.6) is 0 Å². The van der Waals surface area contributed by atoms with Crippen molar-refractivity contribution >= 4 is 28.8 Å². The zero-order valence-electron chi connectivity index (χ0n) is 13.2. The lowest BCUT2D eigenvalue weighted by Gasteiger charge is -2.13. The van der Waals surface area contributed by atoms with Crippen molar-refractivity contribution in [2.45, 2.75) is 25.8 Å². The number of carbonyl (C=O) groups is 1. The molecule has 0 fully saturated rings. The summed E-state index contributed by atoms with van der Waals surface area (Å²) in [6.45, 7) is 2.04. The van der Waals surface area contributed by atoms with Crippen LogP contribution in [0.2, 0.25) is 5.02 Å². The van der Waals surface area contributed by atoms with Crippen LogP contribution in [-0.2, 0) is 6.42 Å². The van der Waals surface area contributed by atoms with Crippen molar-refractivity contribution < 1.29 is 9.32 Å². The Bertz CT molecular complexity index is 814. The van der Waals surface area contributed by atoms with Gasteiger partial charge < -0.3 is 9.84 Å². The number of halogens is 1. The molecule has 2 heterocycles. The largest absolute Gasteiger partial charge is 0.351 e. The SMILES string of the molecule is CCC(NC(=O)c1cc(Cc2ccccc2Cl)no1)c1cccs1. The Morgan fingerprint density at radius 1 is 1.33 bits per heavy atom. The highest BCUT2D eigenvalue weighted by Gasteiger charge is 2.19. The van der Waals surface area contributed by atoms with Crippen LogP contribution in [0.1, 0.15) is 46.1 Å². The molecular formula is C18H17ClN2O2S. The number of hydrogen-bond acceptors (Lipinski definition) is 4. The van der Waals surface area contributed by atoms with Gasteiger partial charge in [-0.05, 0) is 29.5 Å². The predicted molar refractivity (Wildman–Crippen MR) is 95.6 cm³/mol. The second-order valence-corrected chi connectivity index (χ2v) is 6.79.